The number of phenols is 1. The molecule has 3 N–H and O–H groups in total. The van der Waals surface area contributed by atoms with Gasteiger partial charge in [0.05, 0.1) is 21.4 Å². The van der Waals surface area contributed by atoms with Crippen LogP contribution < -0.4 is 16.2 Å². The van der Waals surface area contributed by atoms with Gasteiger partial charge in [-0.1, -0.05) is 35.3 Å². The number of rotatable bonds is 5. The molecule has 0 saturated carbocycles. The number of aryl methyl sites for hydroxylation is 1. The Morgan fingerprint density at radius 2 is 1.68 bits per heavy atom. The van der Waals surface area contributed by atoms with Crippen LogP contribution in [0.5, 0.6) is 5.75 Å². The Labute approximate surface area is 204 Å². The highest BCUT2D eigenvalue weighted by Crippen LogP contribution is 2.29. The molecule has 9 nitrogen and oxygen atoms in total. The fourth-order valence-corrected chi connectivity index (χ4v) is 3.67. The van der Waals surface area contributed by atoms with E-state index in [0.717, 1.165) is 11.1 Å². The van der Waals surface area contributed by atoms with Crippen molar-refractivity contribution in [3.63, 3.8) is 0 Å². The largest absolute Gasteiger partial charge is 0.508 e. The smallest absolute Gasteiger partial charge is 0.323 e. The van der Waals surface area contributed by atoms with Gasteiger partial charge in [-0.25, -0.2) is 9.48 Å². The fourth-order valence-electron chi connectivity index (χ4n) is 3.21. The first-order valence-electron chi connectivity index (χ1n) is 10.1. The number of phenolic OH excluding ortho intramolecular Hbond substituents is 1. The minimum atomic E-state index is -0.710. The number of carbonyl (C=O) groups is 1. The number of hydrogen-bond donors (Lipinski definition) is 3. The molecule has 3 heterocycles. The quantitative estimate of drug-likeness (QED) is 0.355. The number of amides is 2. The first-order chi connectivity index (χ1) is 16.4. The minimum Gasteiger partial charge on any atom is -0.508 e. The van der Waals surface area contributed by atoms with Crippen molar-refractivity contribution in [1.82, 2.24) is 19.7 Å². The summed E-state index contributed by atoms with van der Waals surface area (Å²) in [7, 11) is 0. The molecule has 0 aliphatic heterocycles. The summed E-state index contributed by atoms with van der Waals surface area (Å²) in [5, 5.41) is 19.5. The summed E-state index contributed by atoms with van der Waals surface area (Å²) >= 11 is 12.1. The Balaban J connectivity index is 1.68. The molecule has 0 spiro atoms. The second-order valence-electron chi connectivity index (χ2n) is 7.13. The average molecular weight is 497 g/mol. The molecular formula is C23H18Cl2N6O3. The van der Waals surface area contributed by atoms with E-state index in [1.54, 1.807) is 37.5 Å². The summed E-state index contributed by atoms with van der Waals surface area (Å²) in [4.78, 5) is 33.5. The number of urea groups is 1. The lowest BCUT2D eigenvalue weighted by atomic mass is 10.0. The Kier molecular flexibility index (Phi) is 6.76. The van der Waals surface area contributed by atoms with E-state index in [9.17, 15) is 14.7 Å². The van der Waals surface area contributed by atoms with E-state index in [0.29, 0.717) is 11.3 Å². The zero-order chi connectivity index (χ0) is 24.2. The predicted molar refractivity (Wildman–Crippen MR) is 131 cm³/mol. The number of aromatic hydroxyl groups is 1. The maximum absolute atomic E-state index is 12.8. The number of carbonyl (C=O) groups excluding carboxylic acids is 1. The molecule has 0 radical (unpaired) electrons. The number of nitrogens with one attached hydrogen (secondary N) is 2. The number of anilines is 2. The molecule has 1 aromatic carbocycles. The van der Waals surface area contributed by atoms with Crippen molar-refractivity contribution in [2.45, 2.75) is 13.5 Å². The van der Waals surface area contributed by atoms with E-state index in [-0.39, 0.29) is 33.7 Å². The van der Waals surface area contributed by atoms with Crippen LogP contribution in [0.1, 0.15) is 6.92 Å². The van der Waals surface area contributed by atoms with Gasteiger partial charge < -0.3 is 15.7 Å². The summed E-state index contributed by atoms with van der Waals surface area (Å²) in [6.07, 6.45) is 5.93. The van der Waals surface area contributed by atoms with Gasteiger partial charge in [0.1, 0.15) is 11.4 Å². The number of halogens is 2. The lowest BCUT2D eigenvalue weighted by molar-refractivity contribution is 0.262. The minimum absolute atomic E-state index is 0.00779. The third kappa shape index (κ3) is 5.00. The highest BCUT2D eigenvalue weighted by atomic mass is 35.5. The van der Waals surface area contributed by atoms with Gasteiger partial charge in [-0.05, 0) is 36.8 Å². The van der Waals surface area contributed by atoms with Crippen LogP contribution in [-0.2, 0) is 6.54 Å². The molecule has 4 aromatic rings. The van der Waals surface area contributed by atoms with Gasteiger partial charge in [-0.2, -0.15) is 5.10 Å². The van der Waals surface area contributed by atoms with Crippen molar-refractivity contribution in [1.29, 1.82) is 0 Å². The number of hydrogen-bond acceptors (Lipinski definition) is 6. The van der Waals surface area contributed by atoms with Crippen LogP contribution in [0.4, 0.5) is 16.2 Å². The molecule has 3 aromatic heterocycles. The van der Waals surface area contributed by atoms with Crippen LogP contribution in [0.15, 0.2) is 66.0 Å². The first kappa shape index (κ1) is 23.2. The second kappa shape index (κ2) is 9.90. The molecule has 0 atom stereocenters. The molecule has 0 unspecified atom stereocenters. The molecule has 172 valence electrons. The lowest BCUT2D eigenvalue weighted by Gasteiger charge is -2.13. The van der Waals surface area contributed by atoms with Gasteiger partial charge >= 0.3 is 6.03 Å². The standard InChI is InChI=1S/C23H18Cl2N6O3/c1-2-31-22(33)20(28-23(34)29-21-17(24)11-27-12-18(21)25)8-19(30-31)15-6-14(9-26-10-15)13-4-3-5-16(32)7-13/h3-12,32H,2H2,1H3,(H2,27,28,29,34). The van der Waals surface area contributed by atoms with E-state index < -0.39 is 11.6 Å². The van der Waals surface area contributed by atoms with Gasteiger partial charge in [-0.3, -0.25) is 14.8 Å². The van der Waals surface area contributed by atoms with Crippen molar-refractivity contribution < 1.29 is 9.90 Å². The fraction of sp³-hybridized carbons (Fsp3) is 0.0870. The van der Waals surface area contributed by atoms with Gasteiger partial charge in [0.15, 0.2) is 0 Å². The summed E-state index contributed by atoms with van der Waals surface area (Å²) in [5.41, 5.74) is 2.25. The molecule has 0 aliphatic carbocycles. The van der Waals surface area contributed by atoms with Crippen molar-refractivity contribution in [3.05, 3.63) is 81.6 Å². The molecule has 34 heavy (non-hydrogen) atoms. The number of pyridine rings is 2. The van der Waals surface area contributed by atoms with E-state index >= 15 is 0 Å². The van der Waals surface area contributed by atoms with E-state index in [1.807, 2.05) is 12.1 Å². The van der Waals surface area contributed by atoms with Gasteiger partial charge in [0, 0.05) is 42.5 Å². The molecule has 0 bridgehead atoms. The van der Waals surface area contributed by atoms with Crippen LogP contribution in [0.2, 0.25) is 10.0 Å². The van der Waals surface area contributed by atoms with Crippen LogP contribution in [0, 0.1) is 0 Å². The van der Waals surface area contributed by atoms with Crippen LogP contribution >= 0.6 is 23.2 Å². The normalized spacial score (nSPS) is 10.7. The van der Waals surface area contributed by atoms with E-state index in [1.165, 1.54) is 23.1 Å². The summed E-state index contributed by atoms with van der Waals surface area (Å²) in [6, 6.07) is 9.35. The highest BCUT2D eigenvalue weighted by Gasteiger charge is 2.15. The summed E-state index contributed by atoms with van der Waals surface area (Å²) in [6.45, 7) is 2.05. The highest BCUT2D eigenvalue weighted by molar-refractivity contribution is 6.39. The van der Waals surface area contributed by atoms with Gasteiger partial charge in [0.25, 0.3) is 5.56 Å². The zero-order valence-electron chi connectivity index (χ0n) is 17.8. The maximum Gasteiger partial charge on any atom is 0.323 e. The van der Waals surface area contributed by atoms with Crippen LogP contribution in [0.3, 0.4) is 0 Å². The third-order valence-corrected chi connectivity index (χ3v) is 5.40. The first-order valence-corrected chi connectivity index (χ1v) is 10.8. The molecular weight excluding hydrogens is 479 g/mol. The van der Waals surface area contributed by atoms with Crippen molar-refractivity contribution in [3.8, 4) is 28.1 Å². The van der Waals surface area contributed by atoms with Crippen molar-refractivity contribution >= 4 is 40.6 Å². The molecule has 2 amide bonds. The number of benzene rings is 1. The summed E-state index contributed by atoms with van der Waals surface area (Å²) in [5.74, 6) is 0.132. The number of nitrogens with zero attached hydrogens (tertiary/aromatic N) is 4. The Hall–Kier alpha value is -3.95. The SMILES string of the molecule is CCn1nc(-c2cncc(-c3cccc(O)c3)c2)cc(NC(=O)Nc2c(Cl)cncc2Cl)c1=O. The molecule has 0 saturated heterocycles. The Morgan fingerprint density at radius 3 is 2.38 bits per heavy atom. The topological polar surface area (TPSA) is 122 Å². The van der Waals surface area contributed by atoms with E-state index in [2.05, 4.69) is 25.7 Å². The molecule has 11 heteroatoms. The lowest BCUT2D eigenvalue weighted by Crippen LogP contribution is -2.29. The molecule has 0 aliphatic rings. The van der Waals surface area contributed by atoms with Crippen LogP contribution in [0.25, 0.3) is 22.4 Å². The average Bonchev–Trinajstić information content (AvgIpc) is 2.83. The van der Waals surface area contributed by atoms with Crippen molar-refractivity contribution in [2.24, 2.45) is 0 Å². The molecule has 0 fully saturated rings. The van der Waals surface area contributed by atoms with Crippen LogP contribution in [-0.4, -0.2) is 30.9 Å². The third-order valence-electron chi connectivity index (χ3n) is 4.83. The Bertz CT molecular complexity index is 1420. The molecule has 4 rings (SSSR count). The van der Waals surface area contributed by atoms with Crippen molar-refractivity contribution in [2.75, 3.05) is 10.6 Å². The zero-order valence-corrected chi connectivity index (χ0v) is 19.3. The predicted octanol–water partition coefficient (Wildman–Crippen LogP) is 5.04. The second-order valence-corrected chi connectivity index (χ2v) is 7.95. The summed E-state index contributed by atoms with van der Waals surface area (Å²) < 4.78 is 1.23. The van der Waals surface area contributed by atoms with Gasteiger partial charge in [0.2, 0.25) is 0 Å². The van der Waals surface area contributed by atoms with E-state index in [4.69, 9.17) is 23.2 Å². The monoisotopic (exact) mass is 496 g/mol. The van der Waals surface area contributed by atoms with Gasteiger partial charge in [-0.15, -0.1) is 0 Å². The number of aromatic nitrogens is 4. The Morgan fingerprint density at radius 1 is 0.971 bits per heavy atom. The maximum atomic E-state index is 12.8.